The quantitative estimate of drug-likeness (QED) is 0.738. The summed E-state index contributed by atoms with van der Waals surface area (Å²) in [6, 6.07) is 5.01. The molecule has 0 spiro atoms. The fraction of sp³-hybridized carbons (Fsp3) is 0.579. The molecular formula is C19H26Cl2N2O4. The molecule has 0 saturated carbocycles. The topological polar surface area (TPSA) is 67.9 Å². The number of benzene rings is 1. The van der Waals surface area contributed by atoms with Crippen molar-refractivity contribution in [1.29, 1.82) is 0 Å². The monoisotopic (exact) mass is 416 g/mol. The van der Waals surface area contributed by atoms with Crippen molar-refractivity contribution >= 4 is 35.4 Å². The van der Waals surface area contributed by atoms with Crippen LogP contribution in [0.25, 0.3) is 0 Å². The lowest BCUT2D eigenvalue weighted by Crippen LogP contribution is -2.69. The average Bonchev–Trinajstić information content (AvgIpc) is 2.41. The van der Waals surface area contributed by atoms with Gasteiger partial charge < -0.3 is 19.7 Å². The summed E-state index contributed by atoms with van der Waals surface area (Å²) in [7, 11) is 0. The van der Waals surface area contributed by atoms with Gasteiger partial charge in [-0.25, -0.2) is 9.59 Å². The predicted molar refractivity (Wildman–Crippen MR) is 105 cm³/mol. The zero-order chi connectivity index (χ0) is 20.6. The number of nitrogens with zero attached hydrogens (tertiary/aromatic N) is 1. The molecule has 1 heterocycles. The van der Waals surface area contributed by atoms with Crippen molar-refractivity contribution in [3.05, 3.63) is 33.8 Å². The average molecular weight is 417 g/mol. The third-order valence-electron chi connectivity index (χ3n) is 3.76. The van der Waals surface area contributed by atoms with Gasteiger partial charge in [-0.1, -0.05) is 23.2 Å². The van der Waals surface area contributed by atoms with Gasteiger partial charge in [0.25, 0.3) is 0 Å². The summed E-state index contributed by atoms with van der Waals surface area (Å²) in [6.07, 6.45) is -1.05. The van der Waals surface area contributed by atoms with Crippen LogP contribution in [0.1, 0.15) is 47.1 Å². The van der Waals surface area contributed by atoms with Gasteiger partial charge in [-0.15, -0.1) is 0 Å². The lowest BCUT2D eigenvalue weighted by molar-refractivity contribution is -0.0229. The van der Waals surface area contributed by atoms with Crippen LogP contribution >= 0.6 is 23.2 Å². The largest absolute Gasteiger partial charge is 0.444 e. The number of likely N-dealkylation sites (tertiary alicyclic amines) is 1. The lowest BCUT2D eigenvalue weighted by Gasteiger charge is -2.50. The number of alkyl carbamates (subject to hydrolysis) is 1. The second kappa shape index (κ2) is 7.40. The second-order valence-electron chi connectivity index (χ2n) is 8.67. The molecule has 0 bridgehead atoms. The fourth-order valence-corrected chi connectivity index (χ4v) is 3.21. The minimum Gasteiger partial charge on any atom is -0.444 e. The smallest absolute Gasteiger partial charge is 0.410 e. The van der Waals surface area contributed by atoms with Crippen LogP contribution in [0.3, 0.4) is 0 Å². The molecule has 0 radical (unpaired) electrons. The van der Waals surface area contributed by atoms with E-state index >= 15 is 0 Å². The molecule has 1 aromatic carbocycles. The molecule has 0 aliphatic carbocycles. The number of rotatable bonds is 2. The molecule has 8 heteroatoms. The molecule has 1 aliphatic heterocycles. The van der Waals surface area contributed by atoms with Gasteiger partial charge in [-0.2, -0.15) is 0 Å². The molecule has 0 aromatic heterocycles. The molecule has 0 atom stereocenters. The molecule has 1 saturated heterocycles. The van der Waals surface area contributed by atoms with Gasteiger partial charge in [0.2, 0.25) is 0 Å². The molecule has 150 valence electrons. The lowest BCUT2D eigenvalue weighted by atomic mass is 9.82. The molecule has 2 amide bonds. The zero-order valence-corrected chi connectivity index (χ0v) is 18.0. The van der Waals surface area contributed by atoms with Crippen LogP contribution in [0, 0.1) is 0 Å². The molecule has 1 aliphatic rings. The summed E-state index contributed by atoms with van der Waals surface area (Å²) < 4.78 is 10.8. The predicted octanol–water partition coefficient (Wildman–Crippen LogP) is 4.96. The van der Waals surface area contributed by atoms with Gasteiger partial charge in [-0.3, -0.25) is 0 Å². The minimum atomic E-state index is -0.902. The first-order chi connectivity index (χ1) is 12.2. The van der Waals surface area contributed by atoms with E-state index in [9.17, 15) is 9.59 Å². The van der Waals surface area contributed by atoms with Gasteiger partial charge in [0.15, 0.2) is 0 Å². The Morgan fingerprint density at radius 2 is 1.59 bits per heavy atom. The van der Waals surface area contributed by atoms with Crippen molar-refractivity contribution in [3.63, 3.8) is 0 Å². The van der Waals surface area contributed by atoms with E-state index in [1.54, 1.807) is 59.7 Å². The highest BCUT2D eigenvalue weighted by Gasteiger charge is 2.50. The zero-order valence-electron chi connectivity index (χ0n) is 16.5. The number of halogens is 2. The van der Waals surface area contributed by atoms with Crippen LogP contribution in [-0.4, -0.2) is 41.4 Å². The van der Waals surface area contributed by atoms with Crippen molar-refractivity contribution in [2.75, 3.05) is 13.1 Å². The van der Waals surface area contributed by atoms with Gasteiger partial charge >= 0.3 is 12.2 Å². The van der Waals surface area contributed by atoms with E-state index in [4.69, 9.17) is 32.7 Å². The minimum absolute atomic E-state index is 0.196. The molecule has 27 heavy (non-hydrogen) atoms. The van der Waals surface area contributed by atoms with Gasteiger partial charge in [-0.05, 0) is 59.7 Å². The van der Waals surface area contributed by atoms with E-state index in [0.29, 0.717) is 15.6 Å². The molecule has 2 rings (SSSR count). The normalized spacial score (nSPS) is 16.4. The number of carbonyl (C=O) groups is 2. The van der Waals surface area contributed by atoms with E-state index in [2.05, 4.69) is 5.32 Å². The summed E-state index contributed by atoms with van der Waals surface area (Å²) in [5.74, 6) is 0. The van der Waals surface area contributed by atoms with Gasteiger partial charge in [0.1, 0.15) is 16.7 Å². The maximum Gasteiger partial charge on any atom is 0.410 e. The third-order valence-corrected chi connectivity index (χ3v) is 4.32. The number of hydrogen-bond donors (Lipinski definition) is 1. The van der Waals surface area contributed by atoms with E-state index in [1.165, 1.54) is 4.90 Å². The standard InChI is InChI=1S/C19H26Cl2N2O4/c1-17(2,3)26-15(24)22-19(13-9-12(20)7-8-14(13)21)10-23(11-19)16(25)27-18(4,5)6/h7-9H,10-11H2,1-6H3,(H,22,24). The van der Waals surface area contributed by atoms with Crippen LogP contribution in [-0.2, 0) is 15.0 Å². The van der Waals surface area contributed by atoms with Crippen LogP contribution in [0.2, 0.25) is 10.0 Å². The summed E-state index contributed by atoms with van der Waals surface area (Å²) in [6.45, 7) is 11.1. The van der Waals surface area contributed by atoms with Crippen LogP contribution in [0.5, 0.6) is 0 Å². The SMILES string of the molecule is CC(C)(C)OC(=O)NC1(c2cc(Cl)ccc2Cl)CN(C(=O)OC(C)(C)C)C1. The van der Waals surface area contributed by atoms with Crippen LogP contribution in [0.4, 0.5) is 9.59 Å². The highest BCUT2D eigenvalue weighted by atomic mass is 35.5. The Balaban J connectivity index is 2.26. The first-order valence-electron chi connectivity index (χ1n) is 8.65. The summed E-state index contributed by atoms with van der Waals surface area (Å²) >= 11 is 12.5. The van der Waals surface area contributed by atoms with Crippen molar-refractivity contribution in [1.82, 2.24) is 10.2 Å². The number of amides is 2. The Labute approximate surface area is 170 Å². The Kier molecular flexibility index (Phi) is 5.93. The first kappa shape index (κ1) is 21.6. The number of ether oxygens (including phenoxy) is 2. The highest BCUT2D eigenvalue weighted by molar-refractivity contribution is 6.33. The summed E-state index contributed by atoms with van der Waals surface area (Å²) in [4.78, 5) is 26.2. The summed E-state index contributed by atoms with van der Waals surface area (Å²) in [5, 5.41) is 3.79. The Bertz CT molecular complexity index is 732. The van der Waals surface area contributed by atoms with Crippen LogP contribution < -0.4 is 5.32 Å². The maximum absolute atomic E-state index is 12.4. The third kappa shape index (κ3) is 5.66. The van der Waals surface area contributed by atoms with Crippen molar-refractivity contribution < 1.29 is 19.1 Å². The fourth-order valence-electron chi connectivity index (χ4n) is 2.74. The molecular weight excluding hydrogens is 391 g/mol. The van der Waals surface area contributed by atoms with Crippen LogP contribution in [0.15, 0.2) is 18.2 Å². The number of nitrogens with one attached hydrogen (secondary N) is 1. The molecule has 1 N–H and O–H groups in total. The maximum atomic E-state index is 12.4. The Hall–Kier alpha value is -1.66. The molecule has 1 aromatic rings. The molecule has 1 fully saturated rings. The second-order valence-corrected chi connectivity index (χ2v) is 9.51. The van der Waals surface area contributed by atoms with Crippen molar-refractivity contribution in [3.8, 4) is 0 Å². The van der Waals surface area contributed by atoms with E-state index < -0.39 is 28.9 Å². The number of carbonyl (C=O) groups excluding carboxylic acids is 2. The van der Waals surface area contributed by atoms with E-state index in [1.807, 2.05) is 0 Å². The first-order valence-corrected chi connectivity index (χ1v) is 9.41. The number of hydrogen-bond acceptors (Lipinski definition) is 4. The van der Waals surface area contributed by atoms with E-state index in [0.717, 1.165) is 0 Å². The Morgan fingerprint density at radius 3 is 2.11 bits per heavy atom. The Morgan fingerprint density at radius 1 is 1.04 bits per heavy atom. The highest BCUT2D eigenvalue weighted by Crippen LogP contribution is 2.38. The van der Waals surface area contributed by atoms with Gasteiger partial charge in [0, 0.05) is 15.6 Å². The van der Waals surface area contributed by atoms with Crippen molar-refractivity contribution in [2.24, 2.45) is 0 Å². The molecule has 6 nitrogen and oxygen atoms in total. The van der Waals surface area contributed by atoms with Crippen molar-refractivity contribution in [2.45, 2.75) is 58.3 Å². The summed E-state index contributed by atoms with van der Waals surface area (Å²) in [5.41, 5.74) is -1.54. The van der Waals surface area contributed by atoms with Gasteiger partial charge in [0.05, 0.1) is 13.1 Å². The van der Waals surface area contributed by atoms with E-state index in [-0.39, 0.29) is 13.1 Å². The molecule has 0 unspecified atom stereocenters.